The van der Waals surface area contributed by atoms with Crippen LogP contribution in [0.15, 0.2) is 65.5 Å². The van der Waals surface area contributed by atoms with Crippen molar-refractivity contribution < 1.29 is 37.0 Å². The number of amides is 2. The summed E-state index contributed by atoms with van der Waals surface area (Å²) in [6.45, 7) is 0.472. The van der Waals surface area contributed by atoms with Crippen LogP contribution in [0.4, 0.5) is 0 Å². The van der Waals surface area contributed by atoms with E-state index in [0.29, 0.717) is 12.3 Å². The van der Waals surface area contributed by atoms with Gasteiger partial charge in [-0.1, -0.05) is 18.2 Å². The Kier molecular flexibility index (Phi) is 8.22. The molecule has 2 atom stereocenters. The molecule has 1 unspecified atom stereocenters. The summed E-state index contributed by atoms with van der Waals surface area (Å²) in [4.78, 5) is 37.1. The second kappa shape index (κ2) is 10.6. The number of hydrogen-bond acceptors (Lipinski definition) is 7. The minimum atomic E-state index is -4.47. The average Bonchev–Trinajstić information content (AvgIpc) is 2.77. The van der Waals surface area contributed by atoms with Crippen LogP contribution in [0.3, 0.4) is 0 Å². The molecule has 34 heavy (non-hydrogen) atoms. The van der Waals surface area contributed by atoms with Crippen molar-refractivity contribution >= 4 is 69.2 Å². The zero-order valence-corrected chi connectivity index (χ0v) is 18.7. The first-order valence-corrected chi connectivity index (χ1v) is 12.3. The number of β-lactam (4-membered cyclic amide) rings is 1. The molecular weight excluding hydrogens is 493 g/mol. The zero-order chi connectivity index (χ0) is 23.8. The fourth-order valence-corrected chi connectivity index (χ4v) is 5.65. The molecule has 0 radical (unpaired) electrons. The van der Waals surface area contributed by atoms with Crippen molar-refractivity contribution in [3.05, 3.63) is 71.7 Å². The van der Waals surface area contributed by atoms with E-state index in [0.717, 1.165) is 5.57 Å². The minimum absolute atomic E-state index is 0. The van der Waals surface area contributed by atoms with Crippen LogP contribution in [0.5, 0.6) is 0 Å². The van der Waals surface area contributed by atoms with Crippen LogP contribution < -0.4 is 15.0 Å². The molecule has 2 aliphatic heterocycles. The second-order valence-corrected chi connectivity index (χ2v) is 10.1. The molecule has 0 aliphatic carbocycles. The molecule has 4 rings (SSSR count). The van der Waals surface area contributed by atoms with Crippen molar-refractivity contribution in [2.24, 2.45) is 0 Å². The van der Waals surface area contributed by atoms with E-state index in [4.69, 9.17) is 0 Å². The van der Waals surface area contributed by atoms with Gasteiger partial charge in [-0.25, -0.2) is 4.57 Å². The molecule has 13 heteroatoms. The van der Waals surface area contributed by atoms with Crippen molar-refractivity contribution in [1.29, 1.82) is 0 Å². The molecule has 1 aromatic heterocycles. The number of hydrogen-bond donors (Lipinski definition) is 2. The number of thioether (sulfide) groups is 1. The summed E-state index contributed by atoms with van der Waals surface area (Å²) >= 11 is 1.48. The molecule has 2 N–H and O–H groups in total. The maximum absolute atomic E-state index is 12.6. The first kappa shape index (κ1) is 26.4. The third kappa shape index (κ3) is 5.70. The van der Waals surface area contributed by atoms with Gasteiger partial charge in [0, 0.05) is 35.2 Å². The van der Waals surface area contributed by atoms with Gasteiger partial charge in [-0.3, -0.25) is 14.1 Å². The Morgan fingerprint density at radius 3 is 2.53 bits per heavy atom. The van der Waals surface area contributed by atoms with Gasteiger partial charge in [0.05, 0.1) is 17.3 Å². The van der Waals surface area contributed by atoms with E-state index in [2.05, 4.69) is 5.32 Å². The quantitative estimate of drug-likeness (QED) is 0.196. The number of benzene rings is 1. The fraction of sp³-hybridized carbons (Fsp3) is 0.238. The summed E-state index contributed by atoms with van der Waals surface area (Å²) in [5.74, 6) is -1.44. The predicted molar refractivity (Wildman–Crippen MR) is 121 cm³/mol. The molecule has 2 aliphatic rings. The van der Waals surface area contributed by atoms with Crippen molar-refractivity contribution in [2.45, 2.75) is 29.3 Å². The Balaban J connectivity index is 0.00000324. The zero-order valence-electron chi connectivity index (χ0n) is 17.1. The van der Waals surface area contributed by atoms with Crippen LogP contribution in [0.1, 0.15) is 15.9 Å². The summed E-state index contributed by atoms with van der Waals surface area (Å²) in [6.07, 6.45) is 4.68. The molecule has 1 saturated heterocycles. The van der Waals surface area contributed by atoms with Crippen molar-refractivity contribution in [2.75, 3.05) is 5.75 Å². The molecular formula is C21H20N3NaO7S2. The summed E-state index contributed by atoms with van der Waals surface area (Å²) in [5, 5.41) is 13.2. The van der Waals surface area contributed by atoms with E-state index < -0.39 is 28.0 Å². The number of aromatic nitrogens is 1. The van der Waals surface area contributed by atoms with E-state index in [1.165, 1.54) is 47.0 Å². The molecule has 0 saturated carbocycles. The molecule has 0 spiro atoms. The number of nitrogens with zero attached hydrogens (tertiary/aromatic N) is 2. The van der Waals surface area contributed by atoms with Gasteiger partial charge in [0.15, 0.2) is 18.9 Å². The summed E-state index contributed by atoms with van der Waals surface area (Å²) in [7, 11) is -4.47. The van der Waals surface area contributed by atoms with Gasteiger partial charge in [0.25, 0.3) is 16.0 Å². The molecule has 2 amide bonds. The van der Waals surface area contributed by atoms with Crippen LogP contribution in [-0.4, -0.2) is 82.4 Å². The number of pyridine rings is 1. The van der Waals surface area contributed by atoms with Gasteiger partial charge in [0.1, 0.15) is 11.4 Å². The Morgan fingerprint density at radius 2 is 1.88 bits per heavy atom. The van der Waals surface area contributed by atoms with E-state index >= 15 is 0 Å². The normalized spacial score (nSPS) is 19.3. The molecule has 0 bridgehead atoms. The number of carboxylic acids is 1. The van der Waals surface area contributed by atoms with Crippen LogP contribution in [-0.2, 0) is 32.7 Å². The molecule has 3 heterocycles. The van der Waals surface area contributed by atoms with Crippen LogP contribution in [0.2, 0.25) is 0 Å². The monoisotopic (exact) mass is 513 g/mol. The molecule has 174 valence electrons. The Bertz CT molecular complexity index is 1270. The predicted octanol–water partition coefficient (Wildman–Crippen LogP) is -1.54. The Labute approximate surface area is 222 Å². The third-order valence-corrected chi connectivity index (χ3v) is 7.60. The fourth-order valence-electron chi connectivity index (χ4n) is 3.68. The second-order valence-electron chi connectivity index (χ2n) is 7.59. The maximum atomic E-state index is 12.6. The van der Waals surface area contributed by atoms with E-state index in [1.807, 2.05) is 0 Å². The molecule has 10 nitrogen and oxygen atoms in total. The summed E-state index contributed by atoms with van der Waals surface area (Å²) in [6, 6.07) is 7.79. The van der Waals surface area contributed by atoms with E-state index in [1.54, 1.807) is 29.2 Å². The number of rotatable bonds is 7. The summed E-state index contributed by atoms with van der Waals surface area (Å²) < 4.78 is 34.1. The molecule has 1 fully saturated rings. The average molecular weight is 514 g/mol. The number of carboxylic acid groups (broad SMARTS) is 1. The van der Waals surface area contributed by atoms with Crippen molar-refractivity contribution in [3.8, 4) is 0 Å². The standard InChI is InChI=1S/C21H19N3O7S2.Na.H/c25-17(9-15-3-1-2-4-16(15)33(29,30)31)22-18-19(26)24-11-13(12-32-20(18)24)10-23-7-5-14(6-8-23)21(27)28;;/h1-8,11,18,20H,9-10,12H2,(H2-,22,25,27,28,29,30,31);;/t18?,20-;;/m1../s1. The first-order chi connectivity index (χ1) is 15.6. The Morgan fingerprint density at radius 1 is 1.21 bits per heavy atom. The van der Waals surface area contributed by atoms with Gasteiger partial charge in [-0.15, -0.1) is 11.8 Å². The Hall–Kier alpha value is -2.22. The number of carbonyl (C=O) groups excluding carboxylic acids is 3. The van der Waals surface area contributed by atoms with Crippen LogP contribution in [0.25, 0.3) is 0 Å². The SMILES string of the molecule is O=C(Cc1ccccc1S(=O)(=O)O)NC1C(=O)N2C=C(C[n+]3ccc(C(=O)[O-])cc3)CS[C@H]12.[NaH]. The number of carbonyl (C=O) groups is 3. The van der Waals surface area contributed by atoms with Crippen molar-refractivity contribution in [1.82, 2.24) is 10.2 Å². The van der Waals surface area contributed by atoms with Gasteiger partial charge in [0.2, 0.25) is 5.91 Å². The topological polar surface area (TPSA) is 148 Å². The van der Waals surface area contributed by atoms with Crippen molar-refractivity contribution in [3.63, 3.8) is 0 Å². The van der Waals surface area contributed by atoms with Gasteiger partial charge < -0.3 is 20.1 Å². The third-order valence-electron chi connectivity index (χ3n) is 5.27. The molecule has 1 aromatic carbocycles. The number of nitrogens with one attached hydrogen (secondary N) is 1. The number of fused-ring (bicyclic) bond motifs is 1. The van der Waals surface area contributed by atoms with E-state index in [9.17, 15) is 32.5 Å². The van der Waals surface area contributed by atoms with Crippen LogP contribution >= 0.6 is 11.8 Å². The van der Waals surface area contributed by atoms with Gasteiger partial charge in [-0.05, 0) is 11.6 Å². The summed E-state index contributed by atoms with van der Waals surface area (Å²) in [5.41, 5.74) is 1.16. The van der Waals surface area contributed by atoms with Crippen LogP contribution in [0, 0.1) is 0 Å². The molecule has 2 aromatic rings. The van der Waals surface area contributed by atoms with E-state index in [-0.39, 0.29) is 63.3 Å². The number of aromatic carboxylic acids is 1. The van der Waals surface area contributed by atoms with Gasteiger partial charge in [-0.2, -0.15) is 8.42 Å². The van der Waals surface area contributed by atoms with Gasteiger partial charge >= 0.3 is 29.6 Å². The first-order valence-electron chi connectivity index (χ1n) is 9.82.